The molecular formula is C5H5N3O4. The summed E-state index contributed by atoms with van der Waals surface area (Å²) < 4.78 is 0. The summed E-state index contributed by atoms with van der Waals surface area (Å²) in [6, 6.07) is 1.05. The zero-order valence-corrected chi connectivity index (χ0v) is 5.76. The Kier molecular flexibility index (Phi) is 2.06. The van der Waals surface area contributed by atoms with Gasteiger partial charge >= 0.3 is 5.97 Å². The van der Waals surface area contributed by atoms with Crippen molar-refractivity contribution in [1.82, 2.24) is 10.2 Å². The lowest BCUT2D eigenvalue weighted by Crippen LogP contribution is -2.07. The summed E-state index contributed by atoms with van der Waals surface area (Å²) in [4.78, 5) is 14.1. The maximum atomic E-state index is 10.4. The minimum Gasteiger partial charge on any atom is -0.476 e. The predicted molar refractivity (Wildman–Crippen MR) is 36.7 cm³/mol. The zero-order valence-electron chi connectivity index (χ0n) is 5.76. The van der Waals surface area contributed by atoms with Crippen molar-refractivity contribution in [3.63, 3.8) is 0 Å². The van der Waals surface area contributed by atoms with E-state index in [4.69, 9.17) is 16.1 Å². The first-order chi connectivity index (χ1) is 5.65. The number of carboxylic acid groups (broad SMARTS) is 1. The fourth-order valence-electron chi connectivity index (χ4n) is 0.606. The van der Waals surface area contributed by atoms with E-state index >= 15 is 0 Å². The molecule has 0 aliphatic rings. The van der Waals surface area contributed by atoms with Gasteiger partial charge in [-0.25, -0.2) is 10.1 Å². The molecule has 0 aromatic carbocycles. The average molecular weight is 171 g/mol. The molecule has 0 unspecified atom stereocenters. The molecule has 0 spiro atoms. The van der Waals surface area contributed by atoms with Gasteiger partial charge in [0.25, 0.3) is 0 Å². The number of rotatable bonds is 2. The molecule has 0 saturated heterocycles. The Morgan fingerprint density at radius 1 is 1.58 bits per heavy atom. The van der Waals surface area contributed by atoms with E-state index in [1.54, 1.807) is 0 Å². The SMILES string of the molecule is Nc1cc(OO)c(C(=O)O)nn1. The molecule has 0 saturated carbocycles. The van der Waals surface area contributed by atoms with Crippen molar-refractivity contribution < 1.29 is 20.0 Å². The number of carboxylic acids is 1. The molecule has 0 radical (unpaired) electrons. The van der Waals surface area contributed by atoms with Gasteiger partial charge in [-0.15, -0.1) is 10.2 Å². The van der Waals surface area contributed by atoms with Crippen LogP contribution in [0.15, 0.2) is 6.07 Å². The summed E-state index contributed by atoms with van der Waals surface area (Å²) in [7, 11) is 0. The van der Waals surface area contributed by atoms with Gasteiger partial charge in [0, 0.05) is 6.07 Å². The van der Waals surface area contributed by atoms with Crippen LogP contribution in [0.5, 0.6) is 5.75 Å². The second kappa shape index (κ2) is 3.01. The van der Waals surface area contributed by atoms with Crippen molar-refractivity contribution >= 4 is 11.8 Å². The molecule has 7 heteroatoms. The maximum absolute atomic E-state index is 10.4. The molecule has 0 fully saturated rings. The van der Waals surface area contributed by atoms with E-state index in [0.29, 0.717) is 0 Å². The molecule has 1 rings (SSSR count). The van der Waals surface area contributed by atoms with Crippen LogP contribution >= 0.6 is 0 Å². The van der Waals surface area contributed by atoms with Crippen molar-refractivity contribution in [2.45, 2.75) is 0 Å². The van der Waals surface area contributed by atoms with Crippen LogP contribution < -0.4 is 10.6 Å². The van der Waals surface area contributed by atoms with E-state index < -0.39 is 11.7 Å². The molecule has 0 aliphatic heterocycles. The lowest BCUT2D eigenvalue weighted by atomic mass is 10.3. The Hall–Kier alpha value is -1.89. The van der Waals surface area contributed by atoms with Crippen molar-refractivity contribution in [2.75, 3.05) is 5.73 Å². The van der Waals surface area contributed by atoms with E-state index in [0.717, 1.165) is 6.07 Å². The van der Waals surface area contributed by atoms with Gasteiger partial charge in [-0.3, -0.25) is 0 Å². The molecule has 7 nitrogen and oxygen atoms in total. The van der Waals surface area contributed by atoms with Crippen LogP contribution in [-0.4, -0.2) is 26.5 Å². The Bertz CT molecular complexity index is 314. The minimum absolute atomic E-state index is 0.0379. The molecule has 0 bridgehead atoms. The third-order valence-electron chi connectivity index (χ3n) is 1.08. The molecule has 0 amide bonds. The number of aromatic nitrogens is 2. The van der Waals surface area contributed by atoms with Gasteiger partial charge < -0.3 is 15.7 Å². The van der Waals surface area contributed by atoms with E-state index in [1.807, 2.05) is 0 Å². The molecular weight excluding hydrogens is 166 g/mol. The molecule has 12 heavy (non-hydrogen) atoms. The highest BCUT2D eigenvalue weighted by atomic mass is 17.1. The molecule has 1 aromatic rings. The topological polar surface area (TPSA) is 119 Å². The number of hydrogen-bond donors (Lipinski definition) is 3. The van der Waals surface area contributed by atoms with Crippen LogP contribution in [0.25, 0.3) is 0 Å². The number of hydrogen-bond acceptors (Lipinski definition) is 6. The average Bonchev–Trinajstić information content (AvgIpc) is 2.03. The number of aromatic carboxylic acids is 1. The van der Waals surface area contributed by atoms with Gasteiger partial charge in [0.05, 0.1) is 0 Å². The number of nitrogen functional groups attached to an aromatic ring is 1. The lowest BCUT2D eigenvalue weighted by Gasteiger charge is -1.99. The van der Waals surface area contributed by atoms with Gasteiger partial charge in [-0.2, -0.15) is 0 Å². The Balaban J connectivity index is 3.20. The summed E-state index contributed by atoms with van der Waals surface area (Å²) >= 11 is 0. The summed E-state index contributed by atoms with van der Waals surface area (Å²) in [5.41, 5.74) is 4.65. The quantitative estimate of drug-likeness (QED) is 0.409. The highest BCUT2D eigenvalue weighted by Gasteiger charge is 2.14. The first-order valence-electron chi connectivity index (χ1n) is 2.83. The van der Waals surface area contributed by atoms with Crippen LogP contribution in [0.3, 0.4) is 0 Å². The highest BCUT2D eigenvalue weighted by molar-refractivity contribution is 5.88. The normalized spacial score (nSPS) is 9.42. The lowest BCUT2D eigenvalue weighted by molar-refractivity contribution is -0.138. The molecule has 64 valence electrons. The van der Waals surface area contributed by atoms with Crippen LogP contribution in [0, 0.1) is 0 Å². The van der Waals surface area contributed by atoms with Gasteiger partial charge in [-0.05, 0) is 0 Å². The standard InChI is InChI=1S/C5H5N3O4/c6-3-1-2(12-11)4(5(9)10)8-7-3/h1,11H,(H2,6,7)(H,9,10). The summed E-state index contributed by atoms with van der Waals surface area (Å²) in [5, 5.41) is 23.1. The van der Waals surface area contributed by atoms with Crippen molar-refractivity contribution in [3.8, 4) is 5.75 Å². The van der Waals surface area contributed by atoms with E-state index in [9.17, 15) is 4.79 Å². The largest absolute Gasteiger partial charge is 0.476 e. The third-order valence-corrected chi connectivity index (χ3v) is 1.08. The fourth-order valence-corrected chi connectivity index (χ4v) is 0.606. The van der Waals surface area contributed by atoms with Crippen molar-refractivity contribution in [2.24, 2.45) is 0 Å². The van der Waals surface area contributed by atoms with Gasteiger partial charge in [0.1, 0.15) is 5.82 Å². The fraction of sp³-hybridized carbons (Fsp3) is 0. The maximum Gasteiger partial charge on any atom is 0.360 e. The van der Waals surface area contributed by atoms with E-state index in [-0.39, 0.29) is 11.6 Å². The Labute approximate surface area is 66.3 Å². The summed E-state index contributed by atoms with van der Waals surface area (Å²) in [5.74, 6) is -1.73. The molecule has 4 N–H and O–H groups in total. The van der Waals surface area contributed by atoms with Crippen LogP contribution in [0.1, 0.15) is 10.5 Å². The Morgan fingerprint density at radius 2 is 2.25 bits per heavy atom. The summed E-state index contributed by atoms with van der Waals surface area (Å²) in [6.07, 6.45) is 0. The van der Waals surface area contributed by atoms with Crippen molar-refractivity contribution in [1.29, 1.82) is 0 Å². The Morgan fingerprint density at radius 3 is 2.75 bits per heavy atom. The predicted octanol–water partition coefficient (Wildman–Crippen LogP) is -0.391. The number of nitrogens with two attached hydrogens (primary N) is 1. The number of anilines is 1. The van der Waals surface area contributed by atoms with Gasteiger partial charge in [0.15, 0.2) is 0 Å². The van der Waals surface area contributed by atoms with Crippen LogP contribution in [0.2, 0.25) is 0 Å². The monoisotopic (exact) mass is 171 g/mol. The smallest absolute Gasteiger partial charge is 0.360 e. The number of nitrogens with zero attached hydrogens (tertiary/aromatic N) is 2. The molecule has 1 aromatic heterocycles. The van der Waals surface area contributed by atoms with E-state index in [1.165, 1.54) is 0 Å². The number of carbonyl (C=O) groups is 1. The second-order valence-corrected chi connectivity index (χ2v) is 1.88. The highest BCUT2D eigenvalue weighted by Crippen LogP contribution is 2.16. The summed E-state index contributed by atoms with van der Waals surface area (Å²) in [6.45, 7) is 0. The third kappa shape index (κ3) is 1.40. The first kappa shape index (κ1) is 8.21. The van der Waals surface area contributed by atoms with Crippen LogP contribution in [-0.2, 0) is 0 Å². The molecule has 1 heterocycles. The van der Waals surface area contributed by atoms with E-state index in [2.05, 4.69) is 15.1 Å². The second-order valence-electron chi connectivity index (χ2n) is 1.88. The molecule has 0 atom stereocenters. The van der Waals surface area contributed by atoms with Crippen molar-refractivity contribution in [3.05, 3.63) is 11.8 Å². The minimum atomic E-state index is -1.36. The van der Waals surface area contributed by atoms with Gasteiger partial charge in [0.2, 0.25) is 11.4 Å². The molecule has 0 aliphatic carbocycles. The zero-order chi connectivity index (χ0) is 9.14. The first-order valence-corrected chi connectivity index (χ1v) is 2.83. The van der Waals surface area contributed by atoms with Gasteiger partial charge in [-0.1, -0.05) is 0 Å². The van der Waals surface area contributed by atoms with Crippen LogP contribution in [0.4, 0.5) is 5.82 Å².